The quantitative estimate of drug-likeness (QED) is 0.596. The summed E-state index contributed by atoms with van der Waals surface area (Å²) in [7, 11) is -2.27. The summed E-state index contributed by atoms with van der Waals surface area (Å²) in [5, 5.41) is 10.5. The maximum absolute atomic E-state index is 11.3. The fourth-order valence-electron chi connectivity index (χ4n) is 2.64. The molecule has 1 aliphatic rings. The molecular formula is C12H18N5O6P. The summed E-state index contributed by atoms with van der Waals surface area (Å²) < 4.78 is 28.7. The third kappa shape index (κ3) is 3.14. The average Bonchev–Trinajstić information content (AvgIpc) is 3.06. The number of imidazole rings is 1. The molecule has 11 nitrogen and oxygen atoms in total. The predicted octanol–water partition coefficient (Wildman–Crippen LogP) is -0.486. The second-order valence-corrected chi connectivity index (χ2v) is 7.30. The van der Waals surface area contributed by atoms with Crippen molar-refractivity contribution in [1.82, 2.24) is 19.5 Å². The minimum Gasteiger partial charge on any atom is -0.386 e. The van der Waals surface area contributed by atoms with Crippen LogP contribution in [0.3, 0.4) is 0 Å². The summed E-state index contributed by atoms with van der Waals surface area (Å²) in [6.45, 7) is 0.862. The van der Waals surface area contributed by atoms with E-state index in [0.29, 0.717) is 11.2 Å². The van der Waals surface area contributed by atoms with Crippen molar-refractivity contribution in [3.8, 4) is 0 Å². The number of aromatic nitrogens is 4. The maximum Gasteiger partial charge on any atom is 0.325 e. The Balaban J connectivity index is 1.88. The van der Waals surface area contributed by atoms with Crippen molar-refractivity contribution in [3.05, 3.63) is 12.7 Å². The molecule has 5 atom stereocenters. The minimum atomic E-state index is -3.67. The van der Waals surface area contributed by atoms with Gasteiger partial charge in [0.15, 0.2) is 17.7 Å². The number of rotatable bonds is 5. The van der Waals surface area contributed by atoms with Gasteiger partial charge in [0.1, 0.15) is 30.2 Å². The molecule has 3 unspecified atom stereocenters. The molecule has 3 heterocycles. The predicted molar refractivity (Wildman–Crippen MR) is 82.2 cm³/mol. The smallest absolute Gasteiger partial charge is 0.325 e. The molecule has 0 aromatic carbocycles. The van der Waals surface area contributed by atoms with Crippen molar-refractivity contribution in [3.63, 3.8) is 0 Å². The average molecular weight is 359 g/mol. The Morgan fingerprint density at radius 2 is 2.21 bits per heavy atom. The molecule has 1 saturated heterocycles. The van der Waals surface area contributed by atoms with Crippen LogP contribution in [0.5, 0.6) is 0 Å². The van der Waals surface area contributed by atoms with Gasteiger partial charge in [0.2, 0.25) is 0 Å². The lowest BCUT2D eigenvalue weighted by molar-refractivity contribution is -0.0503. The molecule has 0 saturated carbocycles. The van der Waals surface area contributed by atoms with E-state index >= 15 is 0 Å². The van der Waals surface area contributed by atoms with Gasteiger partial charge in [-0.25, -0.2) is 15.0 Å². The third-order valence-electron chi connectivity index (χ3n) is 3.72. The Bertz CT molecular complexity index is 778. The van der Waals surface area contributed by atoms with Gasteiger partial charge < -0.3 is 29.7 Å². The molecule has 2 aromatic rings. The van der Waals surface area contributed by atoms with E-state index in [1.165, 1.54) is 24.3 Å². The van der Waals surface area contributed by atoms with Crippen molar-refractivity contribution < 1.29 is 28.6 Å². The standard InChI is InChI=1S/C12H18N5O6P/c1-21-9-6(3-22-24(2,19)20)23-12(8(9)18)17-5-16-7-10(13)14-4-15-11(7)17/h4-6,8-9,12,18H,3H2,1-2H3,(H,19,20)(H2,13,14,15)/t6-,8?,9?,12-/m0/s1. The lowest BCUT2D eigenvalue weighted by atomic mass is 10.1. The highest BCUT2D eigenvalue weighted by molar-refractivity contribution is 7.51. The van der Waals surface area contributed by atoms with Gasteiger partial charge in [0.25, 0.3) is 0 Å². The van der Waals surface area contributed by atoms with Crippen molar-refractivity contribution in [2.75, 3.05) is 26.1 Å². The number of methoxy groups -OCH3 is 1. The first-order valence-electron chi connectivity index (χ1n) is 7.06. The maximum atomic E-state index is 11.3. The van der Waals surface area contributed by atoms with Crippen LogP contribution in [0, 0.1) is 0 Å². The molecule has 0 radical (unpaired) electrons. The summed E-state index contributed by atoms with van der Waals surface area (Å²) in [5.74, 6) is 0.210. The monoisotopic (exact) mass is 359 g/mol. The first-order valence-corrected chi connectivity index (χ1v) is 9.08. The first-order chi connectivity index (χ1) is 11.3. The zero-order valence-corrected chi connectivity index (χ0v) is 13.9. The lowest BCUT2D eigenvalue weighted by Crippen LogP contribution is -2.35. The molecule has 1 aliphatic heterocycles. The molecule has 0 bridgehead atoms. The van der Waals surface area contributed by atoms with E-state index in [9.17, 15) is 14.6 Å². The summed E-state index contributed by atoms with van der Waals surface area (Å²) >= 11 is 0. The van der Waals surface area contributed by atoms with Gasteiger partial charge in [0, 0.05) is 13.8 Å². The Hall–Kier alpha value is -1.62. The number of nitrogens with zero attached hydrogens (tertiary/aromatic N) is 4. The molecule has 0 amide bonds. The van der Waals surface area contributed by atoms with Gasteiger partial charge >= 0.3 is 7.60 Å². The second kappa shape index (κ2) is 6.36. The molecular weight excluding hydrogens is 341 g/mol. The number of nitrogens with two attached hydrogens (primary N) is 1. The van der Waals surface area contributed by atoms with E-state index in [1.807, 2.05) is 0 Å². The molecule has 3 rings (SSSR count). The molecule has 4 N–H and O–H groups in total. The van der Waals surface area contributed by atoms with E-state index < -0.39 is 32.1 Å². The van der Waals surface area contributed by atoms with E-state index in [4.69, 9.17) is 19.7 Å². The van der Waals surface area contributed by atoms with Crippen molar-refractivity contribution in [2.24, 2.45) is 0 Å². The van der Waals surface area contributed by atoms with Crippen molar-refractivity contribution in [2.45, 2.75) is 24.5 Å². The molecule has 2 aromatic heterocycles. The van der Waals surface area contributed by atoms with Gasteiger partial charge in [-0.2, -0.15) is 0 Å². The number of ether oxygens (including phenoxy) is 2. The number of aliphatic hydroxyl groups is 1. The molecule has 0 spiro atoms. The largest absolute Gasteiger partial charge is 0.386 e. The minimum absolute atomic E-state index is 0.208. The van der Waals surface area contributed by atoms with E-state index in [0.717, 1.165) is 6.66 Å². The number of anilines is 1. The number of nitrogen functional groups attached to an aromatic ring is 1. The topological polar surface area (TPSA) is 155 Å². The third-order valence-corrected chi connectivity index (χ3v) is 4.35. The van der Waals surface area contributed by atoms with E-state index in [-0.39, 0.29) is 12.4 Å². The number of fused-ring (bicyclic) bond motifs is 1. The molecule has 132 valence electrons. The van der Waals surface area contributed by atoms with Gasteiger partial charge in [-0.3, -0.25) is 9.13 Å². The van der Waals surface area contributed by atoms with Crippen molar-refractivity contribution in [1.29, 1.82) is 0 Å². The number of hydrogen-bond acceptors (Lipinski definition) is 9. The summed E-state index contributed by atoms with van der Waals surface area (Å²) in [4.78, 5) is 21.3. The van der Waals surface area contributed by atoms with Gasteiger partial charge in [0.05, 0.1) is 12.9 Å². The van der Waals surface area contributed by atoms with Gasteiger partial charge in [-0.1, -0.05) is 0 Å². The van der Waals surface area contributed by atoms with Crippen LogP contribution in [0.25, 0.3) is 11.2 Å². The normalized spacial score (nSPS) is 29.8. The number of hydrogen-bond donors (Lipinski definition) is 3. The van der Waals surface area contributed by atoms with Crippen LogP contribution in [-0.4, -0.2) is 68.2 Å². The van der Waals surface area contributed by atoms with Gasteiger partial charge in [-0.15, -0.1) is 0 Å². The summed E-state index contributed by atoms with van der Waals surface area (Å²) in [5.41, 5.74) is 6.52. The van der Waals surface area contributed by atoms with Crippen LogP contribution >= 0.6 is 7.60 Å². The zero-order valence-electron chi connectivity index (χ0n) is 13.0. The highest BCUT2D eigenvalue weighted by atomic mass is 31.2. The fourth-order valence-corrected chi connectivity index (χ4v) is 3.07. The lowest BCUT2D eigenvalue weighted by Gasteiger charge is -2.18. The Labute approximate surface area is 136 Å². The fraction of sp³-hybridized carbons (Fsp3) is 0.583. The highest BCUT2D eigenvalue weighted by Gasteiger charge is 2.46. The van der Waals surface area contributed by atoms with Gasteiger partial charge in [-0.05, 0) is 0 Å². The Morgan fingerprint density at radius 3 is 2.88 bits per heavy atom. The van der Waals surface area contributed by atoms with Crippen LogP contribution in [0.2, 0.25) is 0 Å². The Kier molecular flexibility index (Phi) is 4.56. The first kappa shape index (κ1) is 17.2. The van der Waals surface area contributed by atoms with Crippen LogP contribution in [0.15, 0.2) is 12.7 Å². The second-order valence-electron chi connectivity index (χ2n) is 5.44. The molecule has 24 heavy (non-hydrogen) atoms. The zero-order chi connectivity index (χ0) is 17.5. The van der Waals surface area contributed by atoms with Crippen LogP contribution < -0.4 is 5.73 Å². The van der Waals surface area contributed by atoms with Crippen LogP contribution in [-0.2, 0) is 18.6 Å². The summed E-state index contributed by atoms with van der Waals surface area (Å²) in [6.07, 6.45) is -0.712. The number of aliphatic hydroxyl groups excluding tert-OH is 1. The SMILES string of the molecule is COC1C(O)[C@@H](n2cnc3c(N)ncnc32)O[C@H]1COP(C)(=O)O. The Morgan fingerprint density at radius 1 is 1.46 bits per heavy atom. The summed E-state index contributed by atoms with van der Waals surface area (Å²) in [6, 6.07) is 0. The molecule has 1 fully saturated rings. The van der Waals surface area contributed by atoms with Crippen LogP contribution in [0.1, 0.15) is 6.23 Å². The van der Waals surface area contributed by atoms with E-state index in [2.05, 4.69) is 15.0 Å². The molecule has 12 heteroatoms. The van der Waals surface area contributed by atoms with Crippen LogP contribution in [0.4, 0.5) is 5.82 Å². The molecule has 0 aliphatic carbocycles. The van der Waals surface area contributed by atoms with Crippen molar-refractivity contribution >= 4 is 24.6 Å². The highest BCUT2D eigenvalue weighted by Crippen LogP contribution is 2.39. The van der Waals surface area contributed by atoms with E-state index in [1.54, 1.807) is 0 Å².